The predicted octanol–water partition coefficient (Wildman–Crippen LogP) is 6.17. The fourth-order valence-corrected chi connectivity index (χ4v) is 4.26. The van der Waals surface area contributed by atoms with E-state index in [2.05, 4.69) is 35.7 Å². The van der Waals surface area contributed by atoms with Gasteiger partial charge in [0.15, 0.2) is 11.5 Å². The van der Waals surface area contributed by atoms with Crippen molar-refractivity contribution in [1.29, 1.82) is 0 Å². The van der Waals surface area contributed by atoms with Gasteiger partial charge in [0.25, 0.3) is 0 Å². The van der Waals surface area contributed by atoms with E-state index < -0.39 is 0 Å². The number of nitrogens with one attached hydrogen (secondary N) is 2. The smallest absolute Gasteiger partial charge is 0.250 e. The molecule has 40 heavy (non-hydrogen) atoms. The molecule has 9 nitrogen and oxygen atoms in total. The molecule has 1 aromatic heterocycles. The lowest BCUT2D eigenvalue weighted by molar-refractivity contribution is 0.269. The summed E-state index contributed by atoms with van der Waals surface area (Å²) in [7, 11) is 0. The molecule has 0 atom stereocenters. The lowest BCUT2D eigenvalue weighted by Gasteiger charge is -2.26. The molecule has 1 aliphatic heterocycles. The second kappa shape index (κ2) is 13.4. The van der Waals surface area contributed by atoms with E-state index in [0.29, 0.717) is 42.6 Å². The molecule has 0 radical (unpaired) electrons. The lowest BCUT2D eigenvalue weighted by atomic mass is 10.1. The second-order valence-corrected chi connectivity index (χ2v) is 9.25. The molecule has 3 aromatic carbocycles. The summed E-state index contributed by atoms with van der Waals surface area (Å²) in [4.78, 5) is 16.0. The third kappa shape index (κ3) is 7.43. The van der Waals surface area contributed by atoms with E-state index in [4.69, 9.17) is 9.47 Å². The fourth-order valence-electron chi connectivity index (χ4n) is 4.26. The number of ether oxygens (including phenoxy) is 2. The highest BCUT2D eigenvalue weighted by molar-refractivity contribution is 5.81. The Hall–Kier alpha value is -4.73. The third-order valence-electron chi connectivity index (χ3n) is 6.25. The zero-order valence-electron chi connectivity index (χ0n) is 22.4. The Bertz CT molecular complexity index is 1410. The molecule has 0 saturated carbocycles. The molecule has 1 fully saturated rings. The van der Waals surface area contributed by atoms with E-state index in [1.165, 1.54) is 18.6 Å². The third-order valence-corrected chi connectivity index (χ3v) is 6.25. The van der Waals surface area contributed by atoms with Crippen LogP contribution in [0, 0.1) is 5.82 Å². The standard InChI is InChI=1S/C30H32FN7O2/c1-2-39-27-19-23(13-16-26(27)40-21-22-11-14-24(31)15-12-22)20-32-37-29-34-28(33-25-9-5-3-6-10-25)35-30(36-29)38-17-7-4-8-18-38/h3,5-6,9-16,19-20H,2,4,7-8,17-18,21H2,1H3,(H2,33,34,35,36,37)/b32-20-. The summed E-state index contributed by atoms with van der Waals surface area (Å²) < 4.78 is 24.9. The molecule has 0 aliphatic carbocycles. The van der Waals surface area contributed by atoms with Crippen LogP contribution in [-0.2, 0) is 6.61 Å². The second-order valence-electron chi connectivity index (χ2n) is 9.25. The largest absolute Gasteiger partial charge is 0.490 e. The molecule has 0 unspecified atom stereocenters. The minimum atomic E-state index is -0.278. The first kappa shape index (κ1) is 26.9. The Morgan fingerprint density at radius 1 is 0.875 bits per heavy atom. The van der Waals surface area contributed by atoms with Gasteiger partial charge in [-0.1, -0.05) is 30.3 Å². The summed E-state index contributed by atoms with van der Waals surface area (Å²) in [5, 5.41) is 7.63. The summed E-state index contributed by atoms with van der Waals surface area (Å²) >= 11 is 0. The SMILES string of the molecule is CCOc1cc(/C=N\Nc2nc(Nc3ccccc3)nc(N3CCCCC3)n2)ccc1OCc1ccc(F)cc1. The first-order valence-electron chi connectivity index (χ1n) is 13.4. The van der Waals surface area contributed by atoms with Crippen LogP contribution in [0.25, 0.3) is 0 Å². The van der Waals surface area contributed by atoms with Crippen LogP contribution in [0.2, 0.25) is 0 Å². The summed E-state index contributed by atoms with van der Waals surface area (Å²) in [6.45, 7) is 4.51. The molecule has 1 saturated heterocycles. The van der Waals surface area contributed by atoms with Crippen LogP contribution in [0.5, 0.6) is 11.5 Å². The van der Waals surface area contributed by atoms with Gasteiger partial charge < -0.3 is 19.7 Å². The van der Waals surface area contributed by atoms with Gasteiger partial charge in [-0.05, 0) is 79.8 Å². The van der Waals surface area contributed by atoms with Gasteiger partial charge in [-0.15, -0.1) is 0 Å². The van der Waals surface area contributed by atoms with Crippen molar-refractivity contribution in [1.82, 2.24) is 15.0 Å². The van der Waals surface area contributed by atoms with E-state index in [9.17, 15) is 4.39 Å². The number of rotatable bonds is 11. The minimum absolute atomic E-state index is 0.278. The van der Waals surface area contributed by atoms with Crippen molar-refractivity contribution < 1.29 is 13.9 Å². The van der Waals surface area contributed by atoms with Crippen molar-refractivity contribution in [2.75, 3.05) is 35.3 Å². The van der Waals surface area contributed by atoms with E-state index in [0.717, 1.165) is 42.7 Å². The van der Waals surface area contributed by atoms with Gasteiger partial charge in [-0.2, -0.15) is 20.1 Å². The van der Waals surface area contributed by atoms with Gasteiger partial charge >= 0.3 is 0 Å². The van der Waals surface area contributed by atoms with Crippen molar-refractivity contribution >= 4 is 29.7 Å². The number of hydrogen-bond donors (Lipinski definition) is 2. The minimum Gasteiger partial charge on any atom is -0.490 e. The average Bonchev–Trinajstić information content (AvgIpc) is 2.99. The number of hydrogen-bond acceptors (Lipinski definition) is 9. The molecular formula is C30H32FN7O2. The maximum Gasteiger partial charge on any atom is 0.250 e. The summed E-state index contributed by atoms with van der Waals surface area (Å²) in [6, 6.07) is 21.6. The Morgan fingerprint density at radius 2 is 1.65 bits per heavy atom. The van der Waals surface area contributed by atoms with Gasteiger partial charge in [-0.3, -0.25) is 0 Å². The molecule has 4 aromatic rings. The quantitative estimate of drug-likeness (QED) is 0.172. The van der Waals surface area contributed by atoms with Gasteiger partial charge in [-0.25, -0.2) is 9.82 Å². The highest BCUT2D eigenvalue weighted by Gasteiger charge is 2.16. The Kier molecular flexibility index (Phi) is 8.98. The highest BCUT2D eigenvalue weighted by atomic mass is 19.1. The van der Waals surface area contributed by atoms with Crippen LogP contribution in [0.3, 0.4) is 0 Å². The van der Waals surface area contributed by atoms with Crippen molar-refractivity contribution in [2.45, 2.75) is 32.8 Å². The van der Waals surface area contributed by atoms with E-state index in [1.807, 2.05) is 55.5 Å². The molecule has 2 heterocycles. The molecule has 1 aliphatic rings. The lowest BCUT2D eigenvalue weighted by Crippen LogP contribution is -2.31. The Morgan fingerprint density at radius 3 is 2.42 bits per heavy atom. The van der Waals surface area contributed by atoms with E-state index in [1.54, 1.807) is 18.3 Å². The van der Waals surface area contributed by atoms with Crippen LogP contribution >= 0.6 is 0 Å². The number of nitrogens with zero attached hydrogens (tertiary/aromatic N) is 5. The molecule has 206 valence electrons. The number of para-hydroxylation sites is 1. The first-order valence-corrected chi connectivity index (χ1v) is 13.4. The normalized spacial score (nSPS) is 13.3. The average molecular weight is 542 g/mol. The molecule has 0 amide bonds. The zero-order chi connectivity index (χ0) is 27.6. The molecule has 0 bridgehead atoms. The number of benzene rings is 3. The van der Waals surface area contributed by atoms with Crippen molar-refractivity contribution in [2.24, 2.45) is 5.10 Å². The van der Waals surface area contributed by atoms with Crippen molar-refractivity contribution in [3.8, 4) is 11.5 Å². The molecule has 2 N–H and O–H groups in total. The van der Waals surface area contributed by atoms with Crippen LogP contribution in [0.15, 0.2) is 77.9 Å². The molecular weight excluding hydrogens is 509 g/mol. The summed E-state index contributed by atoms with van der Waals surface area (Å²) in [5.41, 5.74) is 5.51. The van der Waals surface area contributed by atoms with Crippen molar-refractivity contribution in [3.05, 3.63) is 89.7 Å². The number of hydrazone groups is 1. The maximum atomic E-state index is 13.2. The Labute approximate surface area is 233 Å². The molecule has 5 rings (SSSR count). The van der Waals surface area contributed by atoms with Crippen LogP contribution in [0.1, 0.15) is 37.3 Å². The van der Waals surface area contributed by atoms with Gasteiger partial charge in [0.1, 0.15) is 12.4 Å². The number of anilines is 4. The van der Waals surface area contributed by atoms with Crippen LogP contribution < -0.4 is 25.1 Å². The predicted molar refractivity (Wildman–Crippen MR) is 155 cm³/mol. The maximum absolute atomic E-state index is 13.2. The summed E-state index contributed by atoms with van der Waals surface area (Å²) in [6.07, 6.45) is 5.10. The van der Waals surface area contributed by atoms with Gasteiger partial charge in [0.05, 0.1) is 12.8 Å². The first-order chi connectivity index (χ1) is 19.7. The van der Waals surface area contributed by atoms with E-state index in [-0.39, 0.29) is 5.82 Å². The van der Waals surface area contributed by atoms with Crippen LogP contribution in [-0.4, -0.2) is 40.9 Å². The monoisotopic (exact) mass is 541 g/mol. The fraction of sp³-hybridized carbons (Fsp3) is 0.267. The van der Waals surface area contributed by atoms with Crippen molar-refractivity contribution in [3.63, 3.8) is 0 Å². The highest BCUT2D eigenvalue weighted by Crippen LogP contribution is 2.29. The Balaban J connectivity index is 1.30. The topological polar surface area (TPSA) is 96.8 Å². The molecule has 0 spiro atoms. The number of aromatic nitrogens is 3. The number of piperidine rings is 1. The van der Waals surface area contributed by atoms with Gasteiger partial charge in [0, 0.05) is 18.8 Å². The van der Waals surface area contributed by atoms with Crippen LogP contribution in [0.4, 0.5) is 27.9 Å². The van der Waals surface area contributed by atoms with Gasteiger partial charge in [0.2, 0.25) is 17.8 Å². The number of halogens is 1. The summed E-state index contributed by atoms with van der Waals surface area (Å²) in [5.74, 6) is 2.31. The zero-order valence-corrected chi connectivity index (χ0v) is 22.4. The molecule has 10 heteroatoms. The van der Waals surface area contributed by atoms with E-state index >= 15 is 0 Å².